The van der Waals surface area contributed by atoms with Crippen molar-refractivity contribution in [2.24, 2.45) is 0 Å². The largest absolute Gasteiger partial charge is 0.493 e. The van der Waals surface area contributed by atoms with Gasteiger partial charge in [0.15, 0.2) is 11.5 Å². The van der Waals surface area contributed by atoms with Crippen LogP contribution in [0.1, 0.15) is 10.4 Å². The third kappa shape index (κ3) is 3.63. The van der Waals surface area contributed by atoms with Crippen molar-refractivity contribution in [1.29, 1.82) is 0 Å². The molecule has 1 rings (SSSR count). The van der Waals surface area contributed by atoms with Gasteiger partial charge in [-0.1, -0.05) is 6.07 Å². The molecule has 0 aliphatic heterocycles. The molecule has 0 heterocycles. The fraction of sp³-hybridized carbons (Fsp3) is 0.462. The zero-order valence-electron chi connectivity index (χ0n) is 11.2. The second kappa shape index (κ2) is 6.86. The van der Waals surface area contributed by atoms with Crippen LogP contribution in [0.3, 0.4) is 0 Å². The minimum atomic E-state index is -0.436. The molecule has 100 valence electrons. The molecule has 0 aromatic heterocycles. The summed E-state index contributed by atoms with van der Waals surface area (Å²) in [5, 5.41) is 0. The number of likely N-dealkylation sites (N-methyl/N-ethyl adjacent to an activating group) is 1. The molecule has 0 saturated carbocycles. The highest BCUT2D eigenvalue weighted by atomic mass is 16.5. The number of carbonyl (C=O) groups is 1. The summed E-state index contributed by atoms with van der Waals surface area (Å²) < 4.78 is 15.5. The van der Waals surface area contributed by atoms with Gasteiger partial charge in [-0.2, -0.15) is 0 Å². The molecule has 0 N–H and O–H groups in total. The van der Waals surface area contributed by atoms with Crippen LogP contribution < -0.4 is 9.47 Å². The summed E-state index contributed by atoms with van der Waals surface area (Å²) in [5.41, 5.74) is 0.371. The Hall–Kier alpha value is -1.75. The number of para-hydroxylation sites is 1. The summed E-state index contributed by atoms with van der Waals surface area (Å²) >= 11 is 0. The highest BCUT2D eigenvalue weighted by Crippen LogP contribution is 2.31. The van der Waals surface area contributed by atoms with Crippen molar-refractivity contribution >= 4 is 5.97 Å². The van der Waals surface area contributed by atoms with Gasteiger partial charge in [0.25, 0.3) is 0 Å². The van der Waals surface area contributed by atoms with E-state index in [1.807, 2.05) is 19.0 Å². The highest BCUT2D eigenvalue weighted by Gasteiger charge is 2.17. The summed E-state index contributed by atoms with van der Waals surface area (Å²) in [6.07, 6.45) is 0. The van der Waals surface area contributed by atoms with Crippen LogP contribution in [0.25, 0.3) is 0 Å². The van der Waals surface area contributed by atoms with Gasteiger partial charge >= 0.3 is 5.97 Å². The van der Waals surface area contributed by atoms with E-state index in [1.165, 1.54) is 14.2 Å². The summed E-state index contributed by atoms with van der Waals surface area (Å²) in [7, 11) is 6.78. The SMILES string of the molecule is COC(=O)c1cccc(OC)c1OCCN(C)C. The number of hydrogen-bond donors (Lipinski definition) is 0. The van der Waals surface area contributed by atoms with Crippen LogP contribution in [0.4, 0.5) is 0 Å². The van der Waals surface area contributed by atoms with Crippen molar-refractivity contribution in [2.45, 2.75) is 0 Å². The molecule has 0 aliphatic carbocycles. The van der Waals surface area contributed by atoms with Crippen LogP contribution in [0.15, 0.2) is 18.2 Å². The first-order valence-electron chi connectivity index (χ1n) is 5.63. The van der Waals surface area contributed by atoms with Crippen LogP contribution in [0, 0.1) is 0 Å². The Morgan fingerprint density at radius 1 is 1.28 bits per heavy atom. The molecule has 18 heavy (non-hydrogen) atoms. The molecule has 0 fully saturated rings. The standard InChI is InChI=1S/C13H19NO4/c1-14(2)8-9-18-12-10(13(15)17-4)6-5-7-11(12)16-3/h5-7H,8-9H2,1-4H3. The second-order valence-corrected chi connectivity index (χ2v) is 3.98. The van der Waals surface area contributed by atoms with Crippen molar-refractivity contribution in [1.82, 2.24) is 4.90 Å². The van der Waals surface area contributed by atoms with Crippen molar-refractivity contribution in [3.63, 3.8) is 0 Å². The minimum absolute atomic E-state index is 0.371. The quantitative estimate of drug-likeness (QED) is 0.718. The lowest BCUT2D eigenvalue weighted by Gasteiger charge is -2.15. The number of carbonyl (C=O) groups excluding carboxylic acids is 1. The zero-order valence-corrected chi connectivity index (χ0v) is 11.2. The van der Waals surface area contributed by atoms with E-state index in [9.17, 15) is 4.79 Å². The van der Waals surface area contributed by atoms with E-state index in [-0.39, 0.29) is 0 Å². The number of esters is 1. The van der Waals surface area contributed by atoms with Gasteiger partial charge in [0.1, 0.15) is 12.2 Å². The van der Waals surface area contributed by atoms with Crippen molar-refractivity contribution in [3.05, 3.63) is 23.8 Å². The molecule has 0 aliphatic rings. The molecular weight excluding hydrogens is 234 g/mol. The number of rotatable bonds is 6. The van der Waals surface area contributed by atoms with Crippen LogP contribution in [-0.2, 0) is 4.74 Å². The minimum Gasteiger partial charge on any atom is -0.493 e. The first-order chi connectivity index (χ1) is 8.60. The fourth-order valence-corrected chi connectivity index (χ4v) is 1.43. The normalized spacial score (nSPS) is 10.3. The molecule has 0 amide bonds. The van der Waals surface area contributed by atoms with Crippen molar-refractivity contribution in [2.75, 3.05) is 41.5 Å². The number of benzene rings is 1. The maximum atomic E-state index is 11.6. The summed E-state index contributed by atoms with van der Waals surface area (Å²) in [6, 6.07) is 5.13. The molecule has 5 nitrogen and oxygen atoms in total. The Balaban J connectivity index is 2.93. The Morgan fingerprint density at radius 2 is 2.00 bits per heavy atom. The molecule has 0 unspecified atom stereocenters. The molecule has 0 spiro atoms. The lowest BCUT2D eigenvalue weighted by molar-refractivity contribution is 0.0595. The van der Waals surface area contributed by atoms with Gasteiger partial charge in [0.05, 0.1) is 14.2 Å². The van der Waals surface area contributed by atoms with E-state index in [4.69, 9.17) is 14.2 Å². The Labute approximate surface area is 107 Å². The van der Waals surface area contributed by atoms with Crippen molar-refractivity contribution in [3.8, 4) is 11.5 Å². The van der Waals surface area contributed by atoms with Crippen LogP contribution in [0.2, 0.25) is 0 Å². The summed E-state index contributed by atoms with van der Waals surface area (Å²) in [6.45, 7) is 1.22. The highest BCUT2D eigenvalue weighted by molar-refractivity contribution is 5.93. The third-order valence-electron chi connectivity index (χ3n) is 2.39. The van der Waals surface area contributed by atoms with Crippen LogP contribution >= 0.6 is 0 Å². The zero-order chi connectivity index (χ0) is 13.5. The fourth-order valence-electron chi connectivity index (χ4n) is 1.43. The first kappa shape index (κ1) is 14.3. The topological polar surface area (TPSA) is 48.0 Å². The lowest BCUT2D eigenvalue weighted by Crippen LogP contribution is -2.20. The van der Waals surface area contributed by atoms with Gasteiger partial charge in [-0.3, -0.25) is 0 Å². The molecular formula is C13H19NO4. The summed E-state index contributed by atoms with van der Waals surface area (Å²) in [4.78, 5) is 13.6. The maximum Gasteiger partial charge on any atom is 0.341 e. The average Bonchev–Trinajstić information content (AvgIpc) is 2.37. The molecule has 5 heteroatoms. The van der Waals surface area contributed by atoms with E-state index in [2.05, 4.69) is 0 Å². The molecule has 0 atom stereocenters. The lowest BCUT2D eigenvalue weighted by atomic mass is 10.2. The Kier molecular flexibility index (Phi) is 5.45. The van der Waals surface area contributed by atoms with E-state index in [0.717, 1.165) is 6.54 Å². The van der Waals surface area contributed by atoms with E-state index >= 15 is 0 Å². The number of hydrogen-bond acceptors (Lipinski definition) is 5. The average molecular weight is 253 g/mol. The van der Waals surface area contributed by atoms with Gasteiger partial charge in [-0.25, -0.2) is 4.79 Å². The van der Waals surface area contributed by atoms with Gasteiger partial charge in [0, 0.05) is 6.54 Å². The van der Waals surface area contributed by atoms with E-state index < -0.39 is 5.97 Å². The number of methoxy groups -OCH3 is 2. The number of nitrogens with zero attached hydrogens (tertiary/aromatic N) is 1. The number of ether oxygens (including phenoxy) is 3. The molecule has 0 saturated heterocycles. The Morgan fingerprint density at radius 3 is 2.56 bits per heavy atom. The second-order valence-electron chi connectivity index (χ2n) is 3.98. The van der Waals surface area contributed by atoms with Gasteiger partial charge in [-0.15, -0.1) is 0 Å². The molecule has 0 bridgehead atoms. The molecule has 1 aromatic rings. The smallest absolute Gasteiger partial charge is 0.341 e. The van der Waals surface area contributed by atoms with Gasteiger partial charge < -0.3 is 19.1 Å². The predicted octanol–water partition coefficient (Wildman–Crippen LogP) is 1.42. The van der Waals surface area contributed by atoms with Gasteiger partial charge in [0.2, 0.25) is 0 Å². The van der Waals surface area contributed by atoms with Crippen LogP contribution in [0.5, 0.6) is 11.5 Å². The monoisotopic (exact) mass is 253 g/mol. The van der Waals surface area contributed by atoms with Gasteiger partial charge in [-0.05, 0) is 26.2 Å². The van der Waals surface area contributed by atoms with Crippen LogP contribution in [-0.4, -0.2) is 52.3 Å². The van der Waals surface area contributed by atoms with E-state index in [1.54, 1.807) is 18.2 Å². The predicted molar refractivity (Wildman–Crippen MR) is 68.4 cm³/mol. The molecule has 0 radical (unpaired) electrons. The molecule has 1 aromatic carbocycles. The third-order valence-corrected chi connectivity index (χ3v) is 2.39. The summed E-state index contributed by atoms with van der Waals surface area (Å²) in [5.74, 6) is 0.513. The first-order valence-corrected chi connectivity index (χ1v) is 5.63. The van der Waals surface area contributed by atoms with E-state index in [0.29, 0.717) is 23.7 Å². The van der Waals surface area contributed by atoms with Crippen molar-refractivity contribution < 1.29 is 19.0 Å². The Bertz CT molecular complexity index is 404. The maximum absolute atomic E-state index is 11.6.